The number of amides is 1. The van der Waals surface area contributed by atoms with Crippen molar-refractivity contribution in [2.45, 2.75) is 29.4 Å². The maximum atomic E-state index is 13.5. The summed E-state index contributed by atoms with van der Waals surface area (Å²) in [5, 5.41) is 14.4. The molecule has 1 heterocycles. The second-order valence-corrected chi connectivity index (χ2v) is 11.8. The number of benzene rings is 3. The number of fused-ring (bicyclic) bond motifs is 1. The molecule has 2 N–H and O–H groups in total. The second kappa shape index (κ2) is 10.3. The van der Waals surface area contributed by atoms with Gasteiger partial charge in [-0.25, -0.2) is 12.8 Å². The number of nitrogens with one attached hydrogen (secondary N) is 2. The fourth-order valence-corrected chi connectivity index (χ4v) is 6.34. The standard InChI is InChI=1S/C27H24FN3O6S2/c1-29-27(32)25-20-12-19(16-4-5-16)21(13-23(20)37-26(25)17-6-8-18(28)9-7-17)30-39(35,36)14-15-3-10-22(31(33)34)24(11-15)38-2/h3,6-13,16,30H,4-5,14H2,1-2H3,(H,29,32). The van der Waals surface area contributed by atoms with Gasteiger partial charge in [-0.3, -0.25) is 19.6 Å². The summed E-state index contributed by atoms with van der Waals surface area (Å²) >= 11 is 1.17. The molecule has 12 heteroatoms. The van der Waals surface area contributed by atoms with E-state index in [1.54, 1.807) is 18.4 Å². The number of furan rings is 1. The number of nitrogens with zero attached hydrogens (tertiary/aromatic N) is 1. The first-order valence-corrected chi connectivity index (χ1v) is 14.9. The van der Waals surface area contributed by atoms with Gasteiger partial charge in [-0.15, -0.1) is 11.8 Å². The Balaban J connectivity index is 1.55. The van der Waals surface area contributed by atoms with Crippen molar-refractivity contribution in [1.29, 1.82) is 0 Å². The molecule has 1 fully saturated rings. The minimum atomic E-state index is -3.92. The minimum absolute atomic E-state index is 0.0835. The molecule has 1 aliphatic carbocycles. The summed E-state index contributed by atoms with van der Waals surface area (Å²) in [6.45, 7) is 0. The molecule has 0 atom stereocenters. The third-order valence-electron chi connectivity index (χ3n) is 6.50. The molecule has 4 aromatic rings. The van der Waals surface area contributed by atoms with Gasteiger partial charge in [0.15, 0.2) is 0 Å². The van der Waals surface area contributed by atoms with E-state index in [4.69, 9.17) is 4.42 Å². The van der Waals surface area contributed by atoms with Crippen molar-refractivity contribution < 1.29 is 26.9 Å². The SMILES string of the molecule is CNC(=O)c1c(-c2ccc(F)cc2)oc2cc(NS(=O)(=O)Cc3ccc([N+](=O)[O-])c(SC)c3)c(C3CC3)cc12. The minimum Gasteiger partial charge on any atom is -0.455 e. The highest BCUT2D eigenvalue weighted by Crippen LogP contribution is 2.47. The van der Waals surface area contributed by atoms with Crippen LogP contribution in [0, 0.1) is 15.9 Å². The Morgan fingerprint density at radius 2 is 1.87 bits per heavy atom. The molecule has 5 rings (SSSR count). The zero-order valence-corrected chi connectivity index (χ0v) is 22.6. The molecule has 9 nitrogen and oxygen atoms in total. The van der Waals surface area contributed by atoms with Gasteiger partial charge in [0, 0.05) is 30.1 Å². The summed E-state index contributed by atoms with van der Waals surface area (Å²) in [7, 11) is -2.42. The lowest BCUT2D eigenvalue weighted by Crippen LogP contribution is -2.18. The highest BCUT2D eigenvalue weighted by molar-refractivity contribution is 7.98. The lowest BCUT2D eigenvalue weighted by molar-refractivity contribution is -0.387. The van der Waals surface area contributed by atoms with Gasteiger partial charge in [0.25, 0.3) is 11.6 Å². The molecule has 1 aromatic heterocycles. The van der Waals surface area contributed by atoms with E-state index in [2.05, 4.69) is 10.0 Å². The van der Waals surface area contributed by atoms with Crippen LogP contribution in [0.4, 0.5) is 15.8 Å². The summed E-state index contributed by atoms with van der Waals surface area (Å²) in [4.78, 5) is 24.0. The van der Waals surface area contributed by atoms with Crippen molar-refractivity contribution >= 4 is 50.0 Å². The van der Waals surface area contributed by atoms with Crippen LogP contribution < -0.4 is 10.0 Å². The fourth-order valence-electron chi connectivity index (χ4n) is 4.52. The van der Waals surface area contributed by atoms with Crippen LogP contribution >= 0.6 is 11.8 Å². The number of sulfonamides is 1. The van der Waals surface area contributed by atoms with Gasteiger partial charge in [0.05, 0.1) is 26.8 Å². The van der Waals surface area contributed by atoms with Crippen LogP contribution in [0.15, 0.2) is 63.9 Å². The number of hydrogen-bond acceptors (Lipinski definition) is 7. The summed E-state index contributed by atoms with van der Waals surface area (Å²) in [5.74, 6) is -0.825. The predicted octanol–water partition coefficient (Wildman–Crippen LogP) is 6.05. The van der Waals surface area contributed by atoms with Crippen LogP contribution in [0.3, 0.4) is 0 Å². The van der Waals surface area contributed by atoms with Gasteiger partial charge < -0.3 is 9.73 Å². The van der Waals surface area contributed by atoms with E-state index in [9.17, 15) is 27.7 Å². The second-order valence-electron chi connectivity index (χ2n) is 9.23. The molecule has 3 aromatic carbocycles. The maximum Gasteiger partial charge on any atom is 0.282 e. The number of nitro benzene ring substituents is 1. The van der Waals surface area contributed by atoms with Crippen LogP contribution in [-0.4, -0.2) is 32.6 Å². The lowest BCUT2D eigenvalue weighted by Gasteiger charge is -2.13. The summed E-state index contributed by atoms with van der Waals surface area (Å²) < 4.78 is 48.7. The van der Waals surface area contributed by atoms with E-state index in [0.717, 1.165) is 18.4 Å². The number of halogens is 1. The van der Waals surface area contributed by atoms with Crippen LogP contribution in [-0.2, 0) is 15.8 Å². The largest absolute Gasteiger partial charge is 0.455 e. The van der Waals surface area contributed by atoms with E-state index in [1.807, 2.05) is 0 Å². The molecule has 0 saturated heterocycles. The molecule has 0 spiro atoms. The molecule has 0 aliphatic heterocycles. The van der Waals surface area contributed by atoms with E-state index >= 15 is 0 Å². The number of carbonyl (C=O) groups excluding carboxylic acids is 1. The molecule has 1 amide bonds. The first kappa shape index (κ1) is 26.7. The fraction of sp³-hybridized carbons (Fsp3) is 0.222. The smallest absolute Gasteiger partial charge is 0.282 e. The molecule has 39 heavy (non-hydrogen) atoms. The molecule has 0 unspecified atom stereocenters. The third kappa shape index (κ3) is 5.48. The molecule has 1 aliphatic rings. The zero-order valence-electron chi connectivity index (χ0n) is 21.0. The number of hydrogen-bond donors (Lipinski definition) is 2. The molecule has 1 saturated carbocycles. The van der Waals surface area contributed by atoms with E-state index in [1.165, 1.54) is 61.3 Å². The quantitative estimate of drug-likeness (QED) is 0.143. The number of nitro groups is 1. The average Bonchev–Trinajstić information content (AvgIpc) is 3.68. The molecule has 0 bridgehead atoms. The third-order valence-corrected chi connectivity index (χ3v) is 8.51. The van der Waals surface area contributed by atoms with E-state index in [-0.39, 0.29) is 34.6 Å². The Kier molecular flexibility index (Phi) is 7.08. The van der Waals surface area contributed by atoms with Gasteiger partial charge in [-0.05, 0) is 72.5 Å². The summed E-state index contributed by atoms with van der Waals surface area (Å²) in [5.41, 5.74) is 2.51. The van der Waals surface area contributed by atoms with Crippen molar-refractivity contribution in [3.8, 4) is 11.3 Å². The Bertz CT molecular complexity index is 1710. The molecule has 0 radical (unpaired) electrons. The monoisotopic (exact) mass is 569 g/mol. The molecular weight excluding hydrogens is 545 g/mol. The van der Waals surface area contributed by atoms with Gasteiger partial charge >= 0.3 is 0 Å². The zero-order chi connectivity index (χ0) is 27.9. The van der Waals surface area contributed by atoms with Crippen molar-refractivity contribution in [3.05, 3.63) is 87.2 Å². The van der Waals surface area contributed by atoms with Crippen molar-refractivity contribution in [2.24, 2.45) is 0 Å². The van der Waals surface area contributed by atoms with Gasteiger partial charge in [-0.2, -0.15) is 0 Å². The van der Waals surface area contributed by atoms with Crippen molar-refractivity contribution in [1.82, 2.24) is 5.32 Å². The predicted molar refractivity (Wildman–Crippen MR) is 148 cm³/mol. The number of carbonyl (C=O) groups is 1. The normalized spacial score (nSPS) is 13.4. The van der Waals surface area contributed by atoms with Crippen LogP contribution in [0.2, 0.25) is 0 Å². The van der Waals surface area contributed by atoms with Gasteiger partial charge in [0.1, 0.15) is 17.2 Å². The number of rotatable bonds is 9. The molecular formula is C27H24FN3O6S2. The summed E-state index contributed by atoms with van der Waals surface area (Å²) in [6, 6.07) is 13.2. The highest BCUT2D eigenvalue weighted by atomic mass is 32.2. The Labute approximate surface area is 228 Å². The van der Waals surface area contributed by atoms with Crippen LogP contribution in [0.5, 0.6) is 0 Å². The topological polar surface area (TPSA) is 132 Å². The average molecular weight is 570 g/mol. The number of anilines is 1. The van der Waals surface area contributed by atoms with Gasteiger partial charge in [0.2, 0.25) is 10.0 Å². The van der Waals surface area contributed by atoms with Crippen molar-refractivity contribution in [3.63, 3.8) is 0 Å². The molecule has 202 valence electrons. The van der Waals surface area contributed by atoms with Crippen molar-refractivity contribution in [2.75, 3.05) is 18.0 Å². The maximum absolute atomic E-state index is 13.5. The van der Waals surface area contributed by atoms with Crippen LogP contribution in [0.25, 0.3) is 22.3 Å². The first-order valence-electron chi connectivity index (χ1n) is 12.0. The Morgan fingerprint density at radius 1 is 1.15 bits per heavy atom. The van der Waals surface area contributed by atoms with E-state index in [0.29, 0.717) is 32.7 Å². The highest BCUT2D eigenvalue weighted by Gasteiger charge is 2.31. The van der Waals surface area contributed by atoms with Gasteiger partial charge in [-0.1, -0.05) is 6.07 Å². The number of thioether (sulfide) groups is 1. The Morgan fingerprint density at radius 3 is 2.49 bits per heavy atom. The van der Waals surface area contributed by atoms with E-state index < -0.39 is 20.8 Å². The first-order chi connectivity index (χ1) is 18.6. The lowest BCUT2D eigenvalue weighted by atomic mass is 10.0. The van der Waals surface area contributed by atoms with Crippen LogP contribution in [0.1, 0.15) is 40.2 Å². The summed E-state index contributed by atoms with van der Waals surface area (Å²) in [6.07, 6.45) is 3.43. The Hall–Kier alpha value is -3.90.